The molecule has 1 aliphatic heterocycles. The molecule has 5 heteroatoms. The summed E-state index contributed by atoms with van der Waals surface area (Å²) >= 11 is 0. The third-order valence-electron chi connectivity index (χ3n) is 1.57. The third-order valence-corrected chi connectivity index (χ3v) is 1.57. The number of hydrogen-bond acceptors (Lipinski definition) is 5. The number of ketones is 1. The number of hydrogen-bond donors (Lipinski definition) is 0. The number of carbonyl (C=O) groups is 3. The van der Waals surface area contributed by atoms with E-state index in [2.05, 4.69) is 0 Å². The van der Waals surface area contributed by atoms with Crippen LogP contribution in [-0.2, 0) is 23.9 Å². The fourth-order valence-corrected chi connectivity index (χ4v) is 1.05. The van der Waals surface area contributed by atoms with Gasteiger partial charge in [-0.05, 0) is 6.92 Å². The molecular formula is C8H10O5. The zero-order valence-electron chi connectivity index (χ0n) is 7.62. The number of carbonyl (C=O) groups excluding carboxylic acids is 3. The Bertz CT molecular complexity index is 258. The van der Waals surface area contributed by atoms with Gasteiger partial charge in [0.1, 0.15) is 0 Å². The molecule has 0 bridgehead atoms. The van der Waals surface area contributed by atoms with E-state index in [-0.39, 0.29) is 0 Å². The SMILES string of the molecule is CC(=O)C1C(=O)OC(C)(C)OC1=O. The Balaban J connectivity index is 2.89. The molecule has 13 heavy (non-hydrogen) atoms. The van der Waals surface area contributed by atoms with Crippen molar-refractivity contribution in [2.24, 2.45) is 5.92 Å². The van der Waals surface area contributed by atoms with Crippen LogP contribution in [-0.4, -0.2) is 23.5 Å². The summed E-state index contributed by atoms with van der Waals surface area (Å²) in [6.07, 6.45) is 0. The second-order valence-corrected chi connectivity index (χ2v) is 3.29. The van der Waals surface area contributed by atoms with Crippen LogP contribution in [0.3, 0.4) is 0 Å². The summed E-state index contributed by atoms with van der Waals surface area (Å²) < 4.78 is 9.43. The molecule has 0 atom stereocenters. The van der Waals surface area contributed by atoms with Crippen LogP contribution in [0.5, 0.6) is 0 Å². The molecule has 0 unspecified atom stereocenters. The third kappa shape index (κ3) is 1.85. The number of ether oxygens (including phenoxy) is 2. The highest BCUT2D eigenvalue weighted by atomic mass is 16.7. The van der Waals surface area contributed by atoms with Crippen molar-refractivity contribution in [1.29, 1.82) is 0 Å². The van der Waals surface area contributed by atoms with Gasteiger partial charge in [-0.15, -0.1) is 0 Å². The van der Waals surface area contributed by atoms with Crippen molar-refractivity contribution >= 4 is 17.7 Å². The maximum Gasteiger partial charge on any atom is 0.331 e. The Kier molecular flexibility index (Phi) is 2.11. The van der Waals surface area contributed by atoms with E-state index in [4.69, 9.17) is 9.47 Å². The Morgan fingerprint density at radius 3 is 1.92 bits per heavy atom. The molecule has 0 spiro atoms. The Morgan fingerprint density at radius 1 is 1.23 bits per heavy atom. The summed E-state index contributed by atoms with van der Waals surface area (Å²) in [5.74, 6) is -4.92. The zero-order chi connectivity index (χ0) is 10.2. The summed E-state index contributed by atoms with van der Waals surface area (Å²) in [6, 6.07) is 0. The first kappa shape index (κ1) is 9.70. The molecule has 0 aromatic heterocycles. The number of cyclic esters (lactones) is 2. The summed E-state index contributed by atoms with van der Waals surface area (Å²) in [7, 11) is 0. The minimum absolute atomic E-state index is 0.564. The molecule has 0 aromatic carbocycles. The van der Waals surface area contributed by atoms with E-state index in [1.807, 2.05) is 0 Å². The van der Waals surface area contributed by atoms with Crippen molar-refractivity contribution in [3.8, 4) is 0 Å². The smallest absolute Gasteiger partial charge is 0.331 e. The van der Waals surface area contributed by atoms with E-state index in [1.54, 1.807) is 0 Å². The average Bonchev–Trinajstić information content (AvgIpc) is 1.78. The lowest BCUT2D eigenvalue weighted by Gasteiger charge is -2.31. The van der Waals surface area contributed by atoms with E-state index in [0.717, 1.165) is 6.92 Å². The zero-order valence-corrected chi connectivity index (χ0v) is 7.62. The first-order valence-electron chi connectivity index (χ1n) is 3.79. The highest BCUT2D eigenvalue weighted by Crippen LogP contribution is 2.23. The minimum atomic E-state index is -1.41. The normalized spacial score (nSPS) is 22.1. The van der Waals surface area contributed by atoms with Gasteiger partial charge < -0.3 is 9.47 Å². The van der Waals surface area contributed by atoms with Gasteiger partial charge in [0.15, 0.2) is 5.78 Å². The van der Waals surface area contributed by atoms with Gasteiger partial charge in [0, 0.05) is 13.8 Å². The first-order valence-corrected chi connectivity index (χ1v) is 3.79. The Hall–Kier alpha value is -1.39. The highest BCUT2D eigenvalue weighted by Gasteiger charge is 2.45. The predicted octanol–water partition coefficient (Wildman–Crippen LogP) is 0.0277. The number of Topliss-reactive ketones (excluding diaryl/α,β-unsaturated/α-hetero) is 1. The first-order chi connectivity index (χ1) is 5.83. The average molecular weight is 186 g/mol. The van der Waals surface area contributed by atoms with Gasteiger partial charge in [-0.2, -0.15) is 0 Å². The van der Waals surface area contributed by atoms with Gasteiger partial charge in [-0.25, -0.2) is 0 Å². The Labute approximate surface area is 75.0 Å². The molecule has 72 valence electrons. The lowest BCUT2D eigenvalue weighted by atomic mass is 10.0. The van der Waals surface area contributed by atoms with Crippen LogP contribution in [0.15, 0.2) is 0 Å². The molecule has 1 heterocycles. The molecule has 1 saturated heterocycles. The standard InChI is InChI=1S/C8H10O5/c1-4(9)5-6(10)12-8(2,3)13-7(5)11/h5H,1-3H3. The van der Waals surface area contributed by atoms with Gasteiger partial charge in [-0.3, -0.25) is 14.4 Å². The van der Waals surface area contributed by atoms with Gasteiger partial charge in [-0.1, -0.05) is 0 Å². The fourth-order valence-electron chi connectivity index (χ4n) is 1.05. The maximum atomic E-state index is 11.1. The fraction of sp³-hybridized carbons (Fsp3) is 0.625. The second kappa shape index (κ2) is 2.83. The molecule has 0 amide bonds. The quantitative estimate of drug-likeness (QED) is 0.426. The van der Waals surface area contributed by atoms with Crippen LogP contribution < -0.4 is 0 Å². The van der Waals surface area contributed by atoms with E-state index in [1.165, 1.54) is 13.8 Å². The molecule has 0 aromatic rings. The summed E-state index contributed by atoms with van der Waals surface area (Å²) in [4.78, 5) is 33.1. The van der Waals surface area contributed by atoms with E-state index < -0.39 is 29.4 Å². The molecule has 0 aliphatic carbocycles. The molecule has 0 N–H and O–H groups in total. The number of esters is 2. The van der Waals surface area contributed by atoms with Gasteiger partial charge in [0.05, 0.1) is 0 Å². The molecule has 1 aliphatic rings. The summed E-state index contributed by atoms with van der Waals surface area (Å²) in [6.45, 7) is 4.00. The summed E-state index contributed by atoms with van der Waals surface area (Å²) in [5.41, 5.74) is 0. The van der Waals surface area contributed by atoms with Crippen LogP contribution in [0.4, 0.5) is 0 Å². The Morgan fingerprint density at radius 2 is 1.62 bits per heavy atom. The molecule has 0 saturated carbocycles. The lowest BCUT2D eigenvalue weighted by molar-refractivity contribution is -0.238. The van der Waals surface area contributed by atoms with Gasteiger partial charge in [0.2, 0.25) is 5.92 Å². The van der Waals surface area contributed by atoms with Crippen molar-refractivity contribution in [2.45, 2.75) is 26.6 Å². The predicted molar refractivity (Wildman–Crippen MR) is 40.4 cm³/mol. The lowest BCUT2D eigenvalue weighted by Crippen LogP contribution is -2.48. The molecule has 5 nitrogen and oxygen atoms in total. The highest BCUT2D eigenvalue weighted by molar-refractivity contribution is 6.15. The topological polar surface area (TPSA) is 69.7 Å². The molecular weight excluding hydrogens is 176 g/mol. The molecule has 1 rings (SSSR count). The number of rotatable bonds is 1. The largest absolute Gasteiger partial charge is 0.422 e. The van der Waals surface area contributed by atoms with Crippen molar-refractivity contribution < 1.29 is 23.9 Å². The monoisotopic (exact) mass is 186 g/mol. The maximum absolute atomic E-state index is 11.1. The van der Waals surface area contributed by atoms with Crippen LogP contribution in [0.25, 0.3) is 0 Å². The van der Waals surface area contributed by atoms with E-state index >= 15 is 0 Å². The van der Waals surface area contributed by atoms with Crippen molar-refractivity contribution in [1.82, 2.24) is 0 Å². The van der Waals surface area contributed by atoms with Crippen molar-refractivity contribution in [2.75, 3.05) is 0 Å². The van der Waals surface area contributed by atoms with Gasteiger partial charge >= 0.3 is 11.9 Å². The molecule has 0 radical (unpaired) electrons. The van der Waals surface area contributed by atoms with Gasteiger partial charge in [0.25, 0.3) is 5.79 Å². The van der Waals surface area contributed by atoms with Crippen molar-refractivity contribution in [3.63, 3.8) is 0 Å². The van der Waals surface area contributed by atoms with Crippen LogP contribution in [0.2, 0.25) is 0 Å². The van der Waals surface area contributed by atoms with Crippen LogP contribution in [0, 0.1) is 5.92 Å². The second-order valence-electron chi connectivity index (χ2n) is 3.29. The van der Waals surface area contributed by atoms with E-state index in [9.17, 15) is 14.4 Å². The summed E-state index contributed by atoms with van der Waals surface area (Å²) in [5, 5.41) is 0. The van der Waals surface area contributed by atoms with Crippen molar-refractivity contribution in [3.05, 3.63) is 0 Å². The minimum Gasteiger partial charge on any atom is -0.422 e. The molecule has 1 fully saturated rings. The van der Waals surface area contributed by atoms with Crippen LogP contribution in [0.1, 0.15) is 20.8 Å². The van der Waals surface area contributed by atoms with E-state index in [0.29, 0.717) is 0 Å². The van der Waals surface area contributed by atoms with Crippen LogP contribution >= 0.6 is 0 Å².